The Bertz CT molecular complexity index is 464. The van der Waals surface area contributed by atoms with Gasteiger partial charge in [-0.05, 0) is 39.8 Å². The van der Waals surface area contributed by atoms with Crippen molar-refractivity contribution >= 4 is 17.7 Å². The number of aryl methyl sites for hydroxylation is 1. The number of pyridine rings is 1. The van der Waals surface area contributed by atoms with Crippen LogP contribution < -0.4 is 10.6 Å². The van der Waals surface area contributed by atoms with E-state index in [9.17, 15) is 9.59 Å². The van der Waals surface area contributed by atoms with Crippen LogP contribution in [0.5, 0.6) is 0 Å². The fourth-order valence-electron chi connectivity index (χ4n) is 1.36. The average Bonchev–Trinajstić information content (AvgIpc) is 2.29. The molecule has 6 nitrogen and oxygen atoms in total. The van der Waals surface area contributed by atoms with Crippen LogP contribution in [0.2, 0.25) is 0 Å². The van der Waals surface area contributed by atoms with E-state index in [4.69, 9.17) is 4.74 Å². The molecule has 0 aliphatic carbocycles. The van der Waals surface area contributed by atoms with Gasteiger partial charge in [0.25, 0.3) is 0 Å². The molecule has 0 saturated heterocycles. The lowest BCUT2D eigenvalue weighted by Crippen LogP contribution is -2.34. The molecule has 110 valence electrons. The fourth-order valence-corrected chi connectivity index (χ4v) is 1.36. The Balaban J connectivity index is 2.27. The summed E-state index contributed by atoms with van der Waals surface area (Å²) in [5, 5.41) is 5.22. The molecule has 0 bridgehead atoms. The predicted octanol–water partition coefficient (Wildman–Crippen LogP) is 2.24. The van der Waals surface area contributed by atoms with E-state index in [1.54, 1.807) is 33.0 Å². The number of hydrogen-bond donors (Lipinski definition) is 2. The summed E-state index contributed by atoms with van der Waals surface area (Å²) in [6.07, 6.45) is 1.24. The van der Waals surface area contributed by atoms with E-state index in [1.165, 1.54) is 0 Å². The molecule has 1 rings (SSSR count). The van der Waals surface area contributed by atoms with Crippen molar-refractivity contribution < 1.29 is 14.3 Å². The third-order valence-corrected chi connectivity index (χ3v) is 2.22. The molecule has 0 aliphatic rings. The van der Waals surface area contributed by atoms with Crippen LogP contribution in [0.25, 0.3) is 0 Å². The molecular weight excluding hydrogens is 258 g/mol. The lowest BCUT2D eigenvalue weighted by molar-refractivity contribution is -0.116. The van der Waals surface area contributed by atoms with E-state index in [0.717, 1.165) is 5.69 Å². The minimum absolute atomic E-state index is 0.174. The van der Waals surface area contributed by atoms with Gasteiger partial charge in [-0.3, -0.25) is 9.78 Å². The molecule has 0 aromatic carbocycles. The molecule has 1 aromatic heterocycles. The first kappa shape index (κ1) is 15.9. The Kier molecular flexibility index (Phi) is 5.49. The Morgan fingerprint density at radius 2 is 2.00 bits per heavy atom. The minimum atomic E-state index is -0.542. The molecule has 0 saturated carbocycles. The number of alkyl carbamates (subject to hydrolysis) is 1. The van der Waals surface area contributed by atoms with Crippen LogP contribution in [0, 0.1) is 6.92 Å². The zero-order chi connectivity index (χ0) is 15.2. The van der Waals surface area contributed by atoms with Gasteiger partial charge in [-0.25, -0.2) is 4.79 Å². The number of nitrogens with zero attached hydrogens (tertiary/aromatic N) is 1. The van der Waals surface area contributed by atoms with E-state index in [2.05, 4.69) is 15.6 Å². The molecule has 1 aromatic rings. The molecule has 2 amide bonds. The molecule has 0 unspecified atom stereocenters. The molecular formula is C14H21N3O3. The van der Waals surface area contributed by atoms with Gasteiger partial charge in [0.05, 0.1) is 11.9 Å². The van der Waals surface area contributed by atoms with Crippen LogP contribution in [-0.4, -0.2) is 29.1 Å². The van der Waals surface area contributed by atoms with Crippen molar-refractivity contribution in [3.05, 3.63) is 24.0 Å². The van der Waals surface area contributed by atoms with Crippen molar-refractivity contribution in [1.82, 2.24) is 10.3 Å². The van der Waals surface area contributed by atoms with Gasteiger partial charge in [-0.1, -0.05) is 0 Å². The first-order valence-electron chi connectivity index (χ1n) is 6.45. The Morgan fingerprint density at radius 3 is 2.55 bits per heavy atom. The van der Waals surface area contributed by atoms with Gasteiger partial charge in [0.1, 0.15) is 5.60 Å². The first-order valence-corrected chi connectivity index (χ1v) is 6.45. The largest absolute Gasteiger partial charge is 0.444 e. The molecule has 0 atom stereocenters. The highest BCUT2D eigenvalue weighted by Crippen LogP contribution is 2.07. The van der Waals surface area contributed by atoms with Crippen molar-refractivity contribution in [2.45, 2.75) is 39.7 Å². The predicted molar refractivity (Wildman–Crippen MR) is 76.5 cm³/mol. The maximum Gasteiger partial charge on any atom is 0.407 e. The molecule has 6 heteroatoms. The lowest BCUT2D eigenvalue weighted by Gasteiger charge is -2.19. The van der Waals surface area contributed by atoms with Crippen LogP contribution in [0.4, 0.5) is 10.5 Å². The van der Waals surface area contributed by atoms with Crippen LogP contribution in [-0.2, 0) is 9.53 Å². The molecule has 1 heterocycles. The number of amides is 2. The van der Waals surface area contributed by atoms with E-state index in [-0.39, 0.29) is 18.9 Å². The van der Waals surface area contributed by atoms with Crippen molar-refractivity contribution in [1.29, 1.82) is 0 Å². The highest BCUT2D eigenvalue weighted by atomic mass is 16.6. The molecule has 0 spiro atoms. The molecule has 2 N–H and O–H groups in total. The third-order valence-electron chi connectivity index (χ3n) is 2.22. The smallest absolute Gasteiger partial charge is 0.407 e. The zero-order valence-corrected chi connectivity index (χ0v) is 12.3. The number of ether oxygens (including phenoxy) is 1. The number of nitrogens with one attached hydrogen (secondary N) is 2. The second kappa shape index (κ2) is 6.88. The summed E-state index contributed by atoms with van der Waals surface area (Å²) < 4.78 is 5.06. The topological polar surface area (TPSA) is 80.3 Å². The second-order valence-corrected chi connectivity index (χ2v) is 5.42. The van der Waals surface area contributed by atoms with Gasteiger partial charge in [0, 0.05) is 18.7 Å². The van der Waals surface area contributed by atoms with Crippen molar-refractivity contribution in [3.63, 3.8) is 0 Å². The summed E-state index contributed by atoms with van der Waals surface area (Å²) in [6, 6.07) is 3.59. The van der Waals surface area contributed by atoms with Crippen LogP contribution in [0.15, 0.2) is 18.3 Å². The summed E-state index contributed by atoms with van der Waals surface area (Å²) >= 11 is 0. The Morgan fingerprint density at radius 1 is 1.30 bits per heavy atom. The summed E-state index contributed by atoms with van der Waals surface area (Å²) in [6.45, 7) is 7.44. The number of anilines is 1. The zero-order valence-electron chi connectivity index (χ0n) is 12.3. The van der Waals surface area contributed by atoms with E-state index < -0.39 is 11.7 Å². The van der Waals surface area contributed by atoms with Crippen molar-refractivity contribution in [2.24, 2.45) is 0 Å². The van der Waals surface area contributed by atoms with E-state index >= 15 is 0 Å². The fraction of sp³-hybridized carbons (Fsp3) is 0.500. The molecule has 0 aliphatic heterocycles. The normalized spacial score (nSPS) is 10.8. The van der Waals surface area contributed by atoms with Crippen LogP contribution >= 0.6 is 0 Å². The lowest BCUT2D eigenvalue weighted by atomic mass is 10.2. The van der Waals surface area contributed by atoms with Gasteiger partial charge < -0.3 is 15.4 Å². The van der Waals surface area contributed by atoms with Gasteiger partial charge in [0.2, 0.25) is 5.91 Å². The van der Waals surface area contributed by atoms with Gasteiger partial charge >= 0.3 is 6.09 Å². The van der Waals surface area contributed by atoms with Gasteiger partial charge in [-0.2, -0.15) is 0 Å². The summed E-state index contributed by atoms with van der Waals surface area (Å²) in [5.41, 5.74) is 0.979. The maximum absolute atomic E-state index is 11.6. The van der Waals surface area contributed by atoms with Crippen molar-refractivity contribution in [2.75, 3.05) is 11.9 Å². The summed E-state index contributed by atoms with van der Waals surface area (Å²) in [4.78, 5) is 27.1. The number of rotatable bonds is 4. The minimum Gasteiger partial charge on any atom is -0.444 e. The third kappa shape index (κ3) is 6.72. The van der Waals surface area contributed by atoms with Crippen LogP contribution in [0.3, 0.4) is 0 Å². The molecule has 0 fully saturated rings. The Labute approximate surface area is 118 Å². The van der Waals surface area contributed by atoms with Gasteiger partial charge in [0.15, 0.2) is 0 Å². The Hall–Kier alpha value is -2.11. The number of hydrogen-bond acceptors (Lipinski definition) is 4. The van der Waals surface area contributed by atoms with E-state index in [0.29, 0.717) is 5.69 Å². The molecule has 0 radical (unpaired) electrons. The summed E-state index contributed by atoms with van der Waals surface area (Å²) in [7, 11) is 0. The number of carbonyl (C=O) groups is 2. The average molecular weight is 279 g/mol. The summed E-state index contributed by atoms with van der Waals surface area (Å²) in [5.74, 6) is -0.188. The number of carbonyl (C=O) groups excluding carboxylic acids is 2. The molecule has 20 heavy (non-hydrogen) atoms. The quantitative estimate of drug-likeness (QED) is 0.885. The standard InChI is InChI=1S/C14H21N3O3/c1-10-5-6-11(9-16-10)17-12(18)7-8-15-13(19)20-14(2,3)4/h5-6,9H,7-8H2,1-4H3,(H,15,19)(H,17,18). The maximum atomic E-state index is 11.6. The van der Waals surface area contributed by atoms with E-state index in [1.807, 2.05) is 13.0 Å². The second-order valence-electron chi connectivity index (χ2n) is 5.42. The number of aromatic nitrogens is 1. The highest BCUT2D eigenvalue weighted by molar-refractivity contribution is 5.90. The SMILES string of the molecule is Cc1ccc(NC(=O)CCNC(=O)OC(C)(C)C)cn1. The highest BCUT2D eigenvalue weighted by Gasteiger charge is 2.15. The van der Waals surface area contributed by atoms with Crippen LogP contribution in [0.1, 0.15) is 32.9 Å². The monoisotopic (exact) mass is 279 g/mol. The van der Waals surface area contributed by atoms with Gasteiger partial charge in [-0.15, -0.1) is 0 Å². The van der Waals surface area contributed by atoms with Crippen molar-refractivity contribution in [3.8, 4) is 0 Å². The first-order chi connectivity index (χ1) is 9.26.